The Bertz CT molecular complexity index is 427. The van der Waals surface area contributed by atoms with Gasteiger partial charge in [0.1, 0.15) is 5.71 Å². The summed E-state index contributed by atoms with van der Waals surface area (Å²) in [6.45, 7) is 3.66. The molecule has 0 saturated heterocycles. The van der Waals surface area contributed by atoms with Crippen LogP contribution in [0.2, 0.25) is 0 Å². The Kier molecular flexibility index (Phi) is 3.88. The van der Waals surface area contributed by atoms with Gasteiger partial charge in [-0.1, -0.05) is 0 Å². The minimum Gasteiger partial charge on any atom is -0.462 e. The van der Waals surface area contributed by atoms with Gasteiger partial charge in [-0.15, -0.1) is 0 Å². The lowest BCUT2D eigenvalue weighted by molar-refractivity contribution is -0.135. The molecule has 5 heteroatoms. The van der Waals surface area contributed by atoms with E-state index in [1.54, 1.807) is 32.0 Å². The molecule has 0 spiro atoms. The van der Waals surface area contributed by atoms with Crippen LogP contribution >= 0.6 is 0 Å². The zero-order chi connectivity index (χ0) is 12.1. The lowest BCUT2D eigenvalue weighted by Gasteiger charge is -2.03. The third-order valence-electron chi connectivity index (χ3n) is 1.94. The van der Waals surface area contributed by atoms with Crippen LogP contribution in [0.15, 0.2) is 23.2 Å². The molecule has 0 atom stereocenters. The molecule has 0 unspecified atom stereocenters. The zero-order valence-corrected chi connectivity index (χ0v) is 9.36. The molecule has 86 valence electrons. The van der Waals surface area contributed by atoms with Gasteiger partial charge in [0.2, 0.25) is 0 Å². The van der Waals surface area contributed by atoms with Crippen molar-refractivity contribution in [2.24, 2.45) is 4.99 Å². The van der Waals surface area contributed by atoms with E-state index < -0.39 is 5.97 Å². The fourth-order valence-electron chi connectivity index (χ4n) is 1.11. The summed E-state index contributed by atoms with van der Waals surface area (Å²) in [5, 5.41) is 0. The summed E-state index contributed by atoms with van der Waals surface area (Å²) in [7, 11) is 0. The Hall–Kier alpha value is -2.04. The van der Waals surface area contributed by atoms with Crippen LogP contribution in [-0.2, 0) is 9.53 Å². The smallest absolute Gasteiger partial charge is 0.352 e. The Morgan fingerprint density at radius 3 is 2.62 bits per heavy atom. The van der Waals surface area contributed by atoms with Gasteiger partial charge in [0, 0.05) is 0 Å². The third kappa shape index (κ3) is 2.98. The molecule has 1 aromatic carbocycles. The van der Waals surface area contributed by atoms with Crippen LogP contribution in [-0.4, -0.2) is 18.3 Å². The summed E-state index contributed by atoms with van der Waals surface area (Å²) in [4.78, 5) is 15.4. The molecule has 0 fully saturated rings. The Morgan fingerprint density at radius 1 is 1.38 bits per heavy atom. The second-order valence-corrected chi connectivity index (χ2v) is 3.23. The van der Waals surface area contributed by atoms with E-state index in [0.717, 1.165) is 0 Å². The topological polar surface area (TPSA) is 90.7 Å². The molecule has 0 amide bonds. The van der Waals surface area contributed by atoms with Crippen molar-refractivity contribution in [2.45, 2.75) is 13.8 Å². The minimum atomic E-state index is -0.433. The number of benzene rings is 1. The summed E-state index contributed by atoms with van der Waals surface area (Å²) >= 11 is 0. The van der Waals surface area contributed by atoms with Crippen molar-refractivity contribution in [3.63, 3.8) is 0 Å². The molecular weight excluding hydrogens is 206 g/mol. The number of carbonyl (C=O) groups excluding carboxylic acids is 1. The van der Waals surface area contributed by atoms with Crippen LogP contribution < -0.4 is 11.5 Å². The zero-order valence-electron chi connectivity index (χ0n) is 9.36. The molecule has 0 aliphatic heterocycles. The predicted molar refractivity (Wildman–Crippen MR) is 64.7 cm³/mol. The highest BCUT2D eigenvalue weighted by Crippen LogP contribution is 2.22. The van der Waals surface area contributed by atoms with Crippen LogP contribution in [0, 0.1) is 0 Å². The fraction of sp³-hybridized carbons (Fsp3) is 0.273. The van der Waals surface area contributed by atoms with Gasteiger partial charge in [0.25, 0.3) is 0 Å². The maximum Gasteiger partial charge on any atom is 0.352 e. The number of aliphatic imine (C=N–C) groups is 1. The van der Waals surface area contributed by atoms with Gasteiger partial charge in [-0.3, -0.25) is 0 Å². The number of anilines is 2. The molecule has 0 aliphatic rings. The lowest BCUT2D eigenvalue weighted by Crippen LogP contribution is -2.13. The van der Waals surface area contributed by atoms with E-state index in [9.17, 15) is 4.79 Å². The van der Waals surface area contributed by atoms with E-state index in [-0.39, 0.29) is 5.71 Å². The summed E-state index contributed by atoms with van der Waals surface area (Å²) in [6, 6.07) is 4.94. The van der Waals surface area contributed by atoms with Crippen LogP contribution in [0.25, 0.3) is 0 Å². The van der Waals surface area contributed by atoms with Crippen molar-refractivity contribution in [3.05, 3.63) is 18.2 Å². The first kappa shape index (κ1) is 12.0. The third-order valence-corrected chi connectivity index (χ3v) is 1.94. The van der Waals surface area contributed by atoms with Gasteiger partial charge in [-0.05, 0) is 32.0 Å². The lowest BCUT2D eigenvalue weighted by atomic mass is 10.2. The number of nitrogen functional groups attached to an aromatic ring is 2. The van der Waals surface area contributed by atoms with Crippen molar-refractivity contribution in [2.75, 3.05) is 18.1 Å². The first-order valence-electron chi connectivity index (χ1n) is 4.92. The molecule has 0 bridgehead atoms. The number of rotatable bonds is 3. The van der Waals surface area contributed by atoms with Crippen molar-refractivity contribution < 1.29 is 9.53 Å². The quantitative estimate of drug-likeness (QED) is 0.459. The Balaban J connectivity index is 2.89. The van der Waals surface area contributed by atoms with Crippen LogP contribution in [0.3, 0.4) is 0 Å². The van der Waals surface area contributed by atoms with Gasteiger partial charge in [-0.25, -0.2) is 9.79 Å². The van der Waals surface area contributed by atoms with Gasteiger partial charge >= 0.3 is 5.97 Å². The highest BCUT2D eigenvalue weighted by atomic mass is 16.5. The SMILES string of the molecule is CCOC(=O)C(C)=Nc1ccc(N)c(N)c1. The van der Waals surface area contributed by atoms with Gasteiger partial charge in [0.05, 0.1) is 23.7 Å². The number of esters is 1. The first-order chi connectivity index (χ1) is 7.54. The number of nitrogens with two attached hydrogens (primary N) is 2. The van der Waals surface area contributed by atoms with E-state index in [4.69, 9.17) is 16.2 Å². The van der Waals surface area contributed by atoms with E-state index in [1.165, 1.54) is 0 Å². The summed E-state index contributed by atoms with van der Waals surface area (Å²) in [5.74, 6) is -0.433. The molecule has 1 rings (SSSR count). The van der Waals surface area contributed by atoms with Crippen molar-refractivity contribution >= 4 is 28.7 Å². The number of hydrogen-bond acceptors (Lipinski definition) is 5. The van der Waals surface area contributed by atoms with Crippen LogP contribution in [0.4, 0.5) is 17.1 Å². The van der Waals surface area contributed by atoms with Gasteiger partial charge < -0.3 is 16.2 Å². The molecule has 0 aliphatic carbocycles. The van der Waals surface area contributed by atoms with Gasteiger partial charge in [-0.2, -0.15) is 0 Å². The highest BCUT2D eigenvalue weighted by molar-refractivity contribution is 6.36. The maximum atomic E-state index is 11.3. The average Bonchev–Trinajstić information content (AvgIpc) is 2.24. The summed E-state index contributed by atoms with van der Waals surface area (Å²) < 4.78 is 4.80. The van der Waals surface area contributed by atoms with Gasteiger partial charge in [0.15, 0.2) is 0 Å². The second-order valence-electron chi connectivity index (χ2n) is 3.23. The summed E-state index contributed by atoms with van der Waals surface area (Å²) in [6.07, 6.45) is 0. The average molecular weight is 221 g/mol. The molecule has 0 aromatic heterocycles. The molecule has 0 radical (unpaired) electrons. The number of carbonyl (C=O) groups is 1. The van der Waals surface area contributed by atoms with E-state index in [0.29, 0.717) is 23.7 Å². The predicted octanol–water partition coefficient (Wildman–Crippen LogP) is 1.51. The van der Waals surface area contributed by atoms with Crippen molar-refractivity contribution in [3.8, 4) is 0 Å². The van der Waals surface area contributed by atoms with Crippen LogP contribution in [0.5, 0.6) is 0 Å². The van der Waals surface area contributed by atoms with Crippen molar-refractivity contribution in [1.82, 2.24) is 0 Å². The van der Waals surface area contributed by atoms with Crippen molar-refractivity contribution in [1.29, 1.82) is 0 Å². The number of hydrogen-bond donors (Lipinski definition) is 2. The molecular formula is C11H15N3O2. The fourth-order valence-corrected chi connectivity index (χ4v) is 1.11. The minimum absolute atomic E-state index is 0.283. The molecule has 16 heavy (non-hydrogen) atoms. The molecule has 4 N–H and O–H groups in total. The molecule has 0 saturated carbocycles. The largest absolute Gasteiger partial charge is 0.462 e. The summed E-state index contributed by atoms with van der Waals surface area (Å²) in [5.41, 5.74) is 13.0. The maximum absolute atomic E-state index is 11.3. The first-order valence-corrected chi connectivity index (χ1v) is 4.92. The molecule has 0 heterocycles. The molecule has 5 nitrogen and oxygen atoms in total. The Morgan fingerprint density at radius 2 is 2.06 bits per heavy atom. The standard InChI is InChI=1S/C11H15N3O2/c1-3-16-11(15)7(2)14-8-4-5-9(12)10(13)6-8/h4-6H,3,12-13H2,1-2H3. The van der Waals surface area contributed by atoms with E-state index in [1.807, 2.05) is 0 Å². The Labute approximate surface area is 94.1 Å². The number of ether oxygens (including phenoxy) is 1. The van der Waals surface area contributed by atoms with E-state index in [2.05, 4.69) is 4.99 Å². The normalized spacial score (nSPS) is 11.2. The second kappa shape index (κ2) is 5.16. The highest BCUT2D eigenvalue weighted by Gasteiger charge is 2.06. The monoisotopic (exact) mass is 221 g/mol. The number of nitrogens with zero attached hydrogens (tertiary/aromatic N) is 1. The molecule has 1 aromatic rings. The van der Waals surface area contributed by atoms with E-state index >= 15 is 0 Å². The van der Waals surface area contributed by atoms with Crippen LogP contribution in [0.1, 0.15) is 13.8 Å².